The normalized spacial score (nSPS) is 14.0. The van der Waals surface area contributed by atoms with E-state index in [2.05, 4.69) is 0 Å². The van der Waals surface area contributed by atoms with Gasteiger partial charge in [0.2, 0.25) is 0 Å². The molecule has 0 heterocycles. The van der Waals surface area contributed by atoms with E-state index in [-0.39, 0.29) is 11.9 Å². The van der Waals surface area contributed by atoms with Crippen molar-refractivity contribution >= 4 is 17.7 Å². The molecule has 0 amide bonds. The third-order valence-corrected chi connectivity index (χ3v) is 3.43. The minimum Gasteiger partial charge on any atom is -0.481 e. The highest BCUT2D eigenvalue weighted by atomic mass is 32.2. The van der Waals surface area contributed by atoms with Crippen LogP contribution in [-0.4, -0.2) is 33.8 Å². The summed E-state index contributed by atoms with van der Waals surface area (Å²) in [6.07, 6.45) is 1.57. The highest BCUT2D eigenvalue weighted by molar-refractivity contribution is 7.99. The Balaban J connectivity index is 3.59. The van der Waals surface area contributed by atoms with Gasteiger partial charge in [0.05, 0.1) is 12.0 Å². The maximum Gasteiger partial charge on any atom is 0.309 e. The molecule has 0 saturated carbocycles. The number of hydrogen-bond donors (Lipinski definition) is 2. The lowest BCUT2D eigenvalue weighted by Gasteiger charge is -2.18. The third kappa shape index (κ3) is 5.50. The van der Waals surface area contributed by atoms with Gasteiger partial charge in [0, 0.05) is 5.25 Å². The van der Waals surface area contributed by atoms with Crippen LogP contribution < -0.4 is 0 Å². The largest absolute Gasteiger partial charge is 0.481 e. The fourth-order valence-corrected chi connectivity index (χ4v) is 1.78. The summed E-state index contributed by atoms with van der Waals surface area (Å²) in [5.41, 5.74) is -0.622. The number of carboxylic acid groups (broad SMARTS) is 1. The molecule has 0 aromatic heterocycles. The lowest BCUT2D eigenvalue weighted by Crippen LogP contribution is -2.23. The Bertz CT molecular complexity index is 180. The van der Waals surface area contributed by atoms with Crippen LogP contribution in [0.2, 0.25) is 0 Å². The van der Waals surface area contributed by atoms with Crippen LogP contribution in [0.5, 0.6) is 0 Å². The summed E-state index contributed by atoms with van der Waals surface area (Å²) in [6.45, 7) is 5.64. The molecule has 0 rings (SSSR count). The molecule has 4 heteroatoms. The number of aliphatic hydroxyl groups is 1. The van der Waals surface area contributed by atoms with E-state index in [1.165, 1.54) is 0 Å². The number of hydrogen-bond acceptors (Lipinski definition) is 3. The topological polar surface area (TPSA) is 57.5 Å². The molecule has 0 aliphatic heterocycles. The van der Waals surface area contributed by atoms with Crippen LogP contribution in [0.4, 0.5) is 0 Å². The summed E-state index contributed by atoms with van der Waals surface area (Å²) >= 11 is 1.69. The molecule has 84 valence electrons. The number of carboxylic acids is 1. The van der Waals surface area contributed by atoms with E-state index in [0.29, 0.717) is 6.42 Å². The van der Waals surface area contributed by atoms with Crippen molar-refractivity contribution in [3.8, 4) is 0 Å². The lowest BCUT2D eigenvalue weighted by atomic mass is 9.88. The highest BCUT2D eigenvalue weighted by Gasteiger charge is 2.26. The van der Waals surface area contributed by atoms with E-state index >= 15 is 0 Å². The van der Waals surface area contributed by atoms with Crippen LogP contribution in [-0.2, 0) is 4.79 Å². The minimum absolute atomic E-state index is 0.187. The average molecular weight is 220 g/mol. The minimum atomic E-state index is -0.738. The van der Waals surface area contributed by atoms with E-state index in [4.69, 9.17) is 10.2 Å². The van der Waals surface area contributed by atoms with Crippen molar-refractivity contribution in [1.82, 2.24) is 0 Å². The van der Waals surface area contributed by atoms with Gasteiger partial charge >= 0.3 is 5.97 Å². The van der Waals surface area contributed by atoms with Crippen molar-refractivity contribution in [2.24, 2.45) is 5.41 Å². The Kier molecular flexibility index (Phi) is 6.20. The zero-order chi connectivity index (χ0) is 11.2. The van der Waals surface area contributed by atoms with Gasteiger partial charge in [-0.05, 0) is 32.4 Å². The first-order chi connectivity index (χ1) is 6.40. The monoisotopic (exact) mass is 220 g/mol. The van der Waals surface area contributed by atoms with Gasteiger partial charge in [0.25, 0.3) is 0 Å². The van der Waals surface area contributed by atoms with E-state index in [1.807, 2.05) is 6.92 Å². The van der Waals surface area contributed by atoms with Gasteiger partial charge in [-0.2, -0.15) is 11.8 Å². The van der Waals surface area contributed by atoms with Crippen molar-refractivity contribution in [3.63, 3.8) is 0 Å². The molecule has 0 bridgehead atoms. The summed E-state index contributed by atoms with van der Waals surface area (Å²) in [6, 6.07) is 0. The van der Waals surface area contributed by atoms with Crippen molar-refractivity contribution in [3.05, 3.63) is 0 Å². The Hall–Kier alpha value is -0.220. The maximum absolute atomic E-state index is 10.8. The summed E-state index contributed by atoms with van der Waals surface area (Å²) in [7, 11) is 0. The van der Waals surface area contributed by atoms with Crippen molar-refractivity contribution in [2.45, 2.75) is 38.9 Å². The highest BCUT2D eigenvalue weighted by Crippen LogP contribution is 2.24. The Morgan fingerprint density at radius 1 is 1.50 bits per heavy atom. The van der Waals surface area contributed by atoms with Crippen LogP contribution in [0.3, 0.4) is 0 Å². The molecule has 1 unspecified atom stereocenters. The van der Waals surface area contributed by atoms with Gasteiger partial charge in [-0.15, -0.1) is 0 Å². The van der Waals surface area contributed by atoms with E-state index < -0.39 is 11.4 Å². The number of carbonyl (C=O) groups is 1. The molecule has 2 N–H and O–H groups in total. The smallest absolute Gasteiger partial charge is 0.309 e. The predicted molar refractivity (Wildman–Crippen MR) is 59.7 cm³/mol. The van der Waals surface area contributed by atoms with Crippen molar-refractivity contribution in [2.75, 3.05) is 12.4 Å². The molecule has 0 aliphatic rings. The van der Waals surface area contributed by atoms with Gasteiger partial charge in [0.15, 0.2) is 0 Å². The molecule has 14 heavy (non-hydrogen) atoms. The van der Waals surface area contributed by atoms with E-state index in [1.54, 1.807) is 25.6 Å². The van der Waals surface area contributed by atoms with Gasteiger partial charge in [-0.1, -0.05) is 6.92 Å². The average Bonchev–Trinajstić information content (AvgIpc) is 2.11. The zero-order valence-electron chi connectivity index (χ0n) is 9.12. The molecule has 0 aromatic carbocycles. The van der Waals surface area contributed by atoms with Gasteiger partial charge in [0.1, 0.15) is 0 Å². The van der Waals surface area contributed by atoms with Crippen LogP contribution in [0.25, 0.3) is 0 Å². The molecule has 0 spiro atoms. The Morgan fingerprint density at radius 2 is 2.07 bits per heavy atom. The predicted octanol–water partition coefficient (Wildman–Crippen LogP) is 1.99. The molecule has 0 saturated heterocycles. The van der Waals surface area contributed by atoms with Crippen molar-refractivity contribution in [1.29, 1.82) is 0 Å². The number of aliphatic carboxylic acids is 1. The molecular formula is C10H20O3S. The zero-order valence-corrected chi connectivity index (χ0v) is 9.93. The van der Waals surface area contributed by atoms with Crippen LogP contribution in [0.1, 0.15) is 33.6 Å². The number of thioether (sulfide) groups is 1. The molecule has 0 fully saturated rings. The van der Waals surface area contributed by atoms with E-state index in [0.717, 1.165) is 12.2 Å². The molecule has 0 aliphatic carbocycles. The van der Waals surface area contributed by atoms with Crippen LogP contribution in [0, 0.1) is 5.41 Å². The third-order valence-electron chi connectivity index (χ3n) is 2.18. The second kappa shape index (κ2) is 6.30. The summed E-state index contributed by atoms with van der Waals surface area (Å²) in [5.74, 6) is 0.177. The fraction of sp³-hybridized carbons (Fsp3) is 0.900. The van der Waals surface area contributed by atoms with Crippen molar-refractivity contribution < 1.29 is 15.0 Å². The Morgan fingerprint density at radius 3 is 2.50 bits per heavy atom. The lowest BCUT2D eigenvalue weighted by molar-refractivity contribution is -0.147. The van der Waals surface area contributed by atoms with Gasteiger partial charge in [-0.25, -0.2) is 0 Å². The molecule has 3 nitrogen and oxygen atoms in total. The first-order valence-corrected chi connectivity index (χ1v) is 5.91. The van der Waals surface area contributed by atoms with Crippen LogP contribution in [0.15, 0.2) is 0 Å². The fourth-order valence-electron chi connectivity index (χ4n) is 0.958. The first-order valence-electron chi connectivity index (χ1n) is 4.86. The van der Waals surface area contributed by atoms with Gasteiger partial charge < -0.3 is 10.2 Å². The summed E-state index contributed by atoms with van der Waals surface area (Å²) in [5, 5.41) is 17.9. The Labute approximate surface area is 89.9 Å². The SMILES string of the molecule is CC(CO)SCCCC(C)(C)C(=O)O. The first kappa shape index (κ1) is 13.8. The standard InChI is InChI=1S/C10H20O3S/c1-8(7-11)14-6-4-5-10(2,3)9(12)13/h8,11H,4-7H2,1-3H3,(H,12,13). The maximum atomic E-state index is 10.8. The molecular weight excluding hydrogens is 200 g/mol. The number of aliphatic hydroxyl groups excluding tert-OH is 1. The van der Waals surface area contributed by atoms with Crippen LogP contribution >= 0.6 is 11.8 Å². The molecule has 0 aromatic rings. The quantitative estimate of drug-likeness (QED) is 0.644. The molecule has 1 atom stereocenters. The summed E-state index contributed by atoms with van der Waals surface area (Å²) < 4.78 is 0. The number of rotatable bonds is 7. The second-order valence-corrected chi connectivity index (χ2v) is 5.70. The summed E-state index contributed by atoms with van der Waals surface area (Å²) in [4.78, 5) is 10.8. The second-order valence-electron chi connectivity index (χ2n) is 4.16. The van der Waals surface area contributed by atoms with E-state index in [9.17, 15) is 4.79 Å². The molecule has 0 radical (unpaired) electrons. The van der Waals surface area contributed by atoms with Gasteiger partial charge in [-0.3, -0.25) is 4.79 Å².